The number of furan rings is 1. The molecule has 0 radical (unpaired) electrons. The molecule has 7 nitrogen and oxygen atoms in total. The van der Waals surface area contributed by atoms with Crippen LogP contribution in [0.15, 0.2) is 41.1 Å². The van der Waals surface area contributed by atoms with Crippen LogP contribution in [0.2, 0.25) is 0 Å². The molecular weight excluding hydrogens is 332 g/mol. The smallest absolute Gasteiger partial charge is 0.326 e. The number of pyridine rings is 1. The predicted octanol–water partition coefficient (Wildman–Crippen LogP) is 3.50. The number of carbonyl (C=O) groups is 2. The van der Waals surface area contributed by atoms with Crippen LogP contribution >= 0.6 is 0 Å². The minimum Gasteiger partial charge on any atom is -0.459 e. The fourth-order valence-corrected chi connectivity index (χ4v) is 3.72. The Labute approximate surface area is 152 Å². The lowest BCUT2D eigenvalue weighted by Crippen LogP contribution is -2.40. The molecule has 1 saturated heterocycles. The van der Waals surface area contributed by atoms with Crippen LogP contribution in [0.1, 0.15) is 42.7 Å². The van der Waals surface area contributed by atoms with Gasteiger partial charge in [0, 0.05) is 19.1 Å². The molecule has 4 rings (SSSR count). The van der Waals surface area contributed by atoms with Crippen molar-refractivity contribution in [2.75, 3.05) is 23.3 Å². The highest BCUT2D eigenvalue weighted by atomic mass is 16.3. The second kappa shape index (κ2) is 7.19. The fourth-order valence-electron chi connectivity index (χ4n) is 3.72. The number of rotatable bonds is 4. The van der Waals surface area contributed by atoms with Crippen molar-refractivity contribution in [3.05, 3.63) is 42.5 Å². The van der Waals surface area contributed by atoms with E-state index in [1.165, 1.54) is 25.5 Å². The molecule has 7 heteroatoms. The molecule has 0 unspecified atom stereocenters. The Morgan fingerprint density at radius 1 is 1.15 bits per heavy atom. The van der Waals surface area contributed by atoms with Gasteiger partial charge in [-0.2, -0.15) is 0 Å². The van der Waals surface area contributed by atoms with E-state index >= 15 is 0 Å². The third-order valence-corrected chi connectivity index (χ3v) is 5.08. The summed E-state index contributed by atoms with van der Waals surface area (Å²) in [5, 5.41) is 2.72. The predicted molar refractivity (Wildman–Crippen MR) is 97.2 cm³/mol. The maximum absolute atomic E-state index is 12.8. The van der Waals surface area contributed by atoms with Crippen LogP contribution < -0.4 is 10.2 Å². The van der Waals surface area contributed by atoms with Crippen LogP contribution in [-0.2, 0) is 0 Å². The molecule has 3 amide bonds. The Balaban J connectivity index is 1.40. The number of hydrogen-bond donors (Lipinski definition) is 1. The van der Waals surface area contributed by atoms with Crippen molar-refractivity contribution in [2.45, 2.75) is 38.1 Å². The van der Waals surface area contributed by atoms with E-state index in [4.69, 9.17) is 4.42 Å². The molecule has 2 fully saturated rings. The topological polar surface area (TPSA) is 78.7 Å². The summed E-state index contributed by atoms with van der Waals surface area (Å²) in [5.41, 5.74) is 0.561. The van der Waals surface area contributed by atoms with Crippen molar-refractivity contribution < 1.29 is 14.0 Å². The maximum Gasteiger partial charge on any atom is 0.326 e. The highest BCUT2D eigenvalue weighted by Gasteiger charge is 2.35. The molecule has 1 aliphatic carbocycles. The molecule has 3 heterocycles. The zero-order chi connectivity index (χ0) is 17.9. The molecule has 1 N–H and O–H groups in total. The van der Waals surface area contributed by atoms with Crippen LogP contribution in [0.4, 0.5) is 16.3 Å². The number of nitrogens with zero attached hydrogens (tertiary/aromatic N) is 3. The summed E-state index contributed by atoms with van der Waals surface area (Å²) in [6.45, 7) is 1.41. The largest absolute Gasteiger partial charge is 0.459 e. The van der Waals surface area contributed by atoms with Crippen molar-refractivity contribution in [1.29, 1.82) is 0 Å². The van der Waals surface area contributed by atoms with Crippen LogP contribution in [0.25, 0.3) is 0 Å². The van der Waals surface area contributed by atoms with Gasteiger partial charge in [0.1, 0.15) is 5.82 Å². The molecule has 0 bridgehead atoms. The van der Waals surface area contributed by atoms with Gasteiger partial charge in [0.15, 0.2) is 5.76 Å². The van der Waals surface area contributed by atoms with Crippen molar-refractivity contribution in [1.82, 2.24) is 9.88 Å². The van der Waals surface area contributed by atoms with E-state index in [0.29, 0.717) is 24.1 Å². The fraction of sp³-hybridized carbons (Fsp3) is 0.421. The van der Waals surface area contributed by atoms with Gasteiger partial charge in [0.05, 0.1) is 18.1 Å². The molecular formula is C19H22N4O3. The molecule has 1 saturated carbocycles. The van der Waals surface area contributed by atoms with Crippen LogP contribution in [0.5, 0.6) is 0 Å². The number of aromatic nitrogens is 1. The summed E-state index contributed by atoms with van der Waals surface area (Å²) in [6.07, 6.45) is 8.90. The van der Waals surface area contributed by atoms with E-state index in [9.17, 15) is 9.59 Å². The highest BCUT2D eigenvalue weighted by molar-refractivity contribution is 6.02. The van der Waals surface area contributed by atoms with Crippen LogP contribution in [-0.4, -0.2) is 41.0 Å². The molecule has 1 aliphatic heterocycles. The maximum atomic E-state index is 12.8. The van der Waals surface area contributed by atoms with E-state index in [2.05, 4.69) is 10.3 Å². The van der Waals surface area contributed by atoms with E-state index in [1.54, 1.807) is 35.4 Å². The number of amides is 3. The zero-order valence-electron chi connectivity index (χ0n) is 14.6. The molecule has 26 heavy (non-hydrogen) atoms. The number of nitrogens with one attached hydrogen (secondary N) is 1. The second-order valence-electron chi connectivity index (χ2n) is 6.76. The Kier molecular flexibility index (Phi) is 4.60. The number of urea groups is 1. The summed E-state index contributed by atoms with van der Waals surface area (Å²) in [5.74, 6) is 0.529. The van der Waals surface area contributed by atoms with Gasteiger partial charge in [-0.3, -0.25) is 9.69 Å². The SMILES string of the molecule is O=C(Nc1ccc(N2CCN(C3CCCCC3)C2=O)nc1)c1ccco1. The van der Waals surface area contributed by atoms with Gasteiger partial charge in [-0.15, -0.1) is 0 Å². The van der Waals surface area contributed by atoms with Crippen molar-refractivity contribution in [3.63, 3.8) is 0 Å². The molecule has 2 aromatic rings. The average molecular weight is 354 g/mol. The Morgan fingerprint density at radius 2 is 2.00 bits per heavy atom. The van der Waals surface area contributed by atoms with Gasteiger partial charge in [-0.1, -0.05) is 19.3 Å². The van der Waals surface area contributed by atoms with Gasteiger partial charge >= 0.3 is 6.03 Å². The van der Waals surface area contributed by atoms with Crippen LogP contribution in [0, 0.1) is 0 Å². The minimum atomic E-state index is -0.328. The van der Waals surface area contributed by atoms with Crippen molar-refractivity contribution >= 4 is 23.4 Å². The summed E-state index contributed by atoms with van der Waals surface area (Å²) in [7, 11) is 0. The number of anilines is 2. The van der Waals surface area contributed by atoms with Gasteiger partial charge in [-0.05, 0) is 37.1 Å². The first kappa shape index (κ1) is 16.6. The molecule has 0 atom stereocenters. The Morgan fingerprint density at radius 3 is 2.69 bits per heavy atom. The molecule has 2 aliphatic rings. The van der Waals surface area contributed by atoms with E-state index < -0.39 is 0 Å². The van der Waals surface area contributed by atoms with Crippen LogP contribution in [0.3, 0.4) is 0 Å². The van der Waals surface area contributed by atoms with Gasteiger partial charge in [0.2, 0.25) is 0 Å². The summed E-state index contributed by atoms with van der Waals surface area (Å²) < 4.78 is 5.07. The second-order valence-corrected chi connectivity index (χ2v) is 6.76. The lowest BCUT2D eigenvalue weighted by atomic mass is 9.94. The first-order valence-corrected chi connectivity index (χ1v) is 9.11. The number of hydrogen-bond acceptors (Lipinski definition) is 4. The third-order valence-electron chi connectivity index (χ3n) is 5.08. The average Bonchev–Trinajstić information content (AvgIpc) is 3.33. The quantitative estimate of drug-likeness (QED) is 0.911. The summed E-state index contributed by atoms with van der Waals surface area (Å²) in [4.78, 5) is 32.8. The van der Waals surface area contributed by atoms with Crippen molar-refractivity contribution in [3.8, 4) is 0 Å². The standard InChI is InChI=1S/C19H22N4O3/c24-18(16-7-4-12-26-16)21-14-8-9-17(20-13-14)23-11-10-22(19(23)25)15-5-2-1-3-6-15/h4,7-9,12-13,15H,1-3,5-6,10-11H2,(H,21,24). The third kappa shape index (κ3) is 3.29. The minimum absolute atomic E-state index is 0.0387. The molecule has 0 spiro atoms. The van der Waals surface area contributed by atoms with Gasteiger partial charge < -0.3 is 14.6 Å². The molecule has 0 aromatic carbocycles. The highest BCUT2D eigenvalue weighted by Crippen LogP contribution is 2.27. The van der Waals surface area contributed by atoms with E-state index in [1.807, 2.05) is 4.90 Å². The Hall–Kier alpha value is -2.83. The van der Waals surface area contributed by atoms with Gasteiger partial charge in [-0.25, -0.2) is 9.78 Å². The molecule has 2 aromatic heterocycles. The Bertz CT molecular complexity index is 767. The van der Waals surface area contributed by atoms with Gasteiger partial charge in [0.25, 0.3) is 5.91 Å². The summed E-state index contributed by atoms with van der Waals surface area (Å²) in [6, 6.07) is 7.18. The van der Waals surface area contributed by atoms with E-state index in [0.717, 1.165) is 19.4 Å². The summed E-state index contributed by atoms with van der Waals surface area (Å²) >= 11 is 0. The van der Waals surface area contributed by atoms with Crippen molar-refractivity contribution in [2.24, 2.45) is 0 Å². The molecule has 136 valence electrons. The van der Waals surface area contributed by atoms with E-state index in [-0.39, 0.29) is 17.7 Å². The normalized spacial score (nSPS) is 18.4. The lowest BCUT2D eigenvalue weighted by Gasteiger charge is -2.30. The lowest BCUT2D eigenvalue weighted by molar-refractivity contribution is 0.0996. The first-order chi connectivity index (χ1) is 12.7. The zero-order valence-corrected chi connectivity index (χ0v) is 14.6. The number of carbonyl (C=O) groups excluding carboxylic acids is 2. The first-order valence-electron chi connectivity index (χ1n) is 9.11. The monoisotopic (exact) mass is 354 g/mol.